The number of rotatable bonds is 2. The van der Waals surface area contributed by atoms with E-state index < -0.39 is 17.5 Å². The van der Waals surface area contributed by atoms with E-state index in [-0.39, 0.29) is 17.4 Å². The Labute approximate surface area is 85.6 Å². The molecule has 2 nitrogen and oxygen atoms in total. The normalized spacial score (nSPS) is 12.3. The largest absolute Gasteiger partial charge is 0.387 e. The zero-order valence-corrected chi connectivity index (χ0v) is 8.39. The fourth-order valence-corrected chi connectivity index (χ4v) is 0.885. The van der Waals surface area contributed by atoms with Crippen LogP contribution in [-0.2, 0) is 0 Å². The molecule has 0 aliphatic carbocycles. The van der Waals surface area contributed by atoms with Gasteiger partial charge in [0.25, 0.3) is 0 Å². The van der Waals surface area contributed by atoms with Gasteiger partial charge in [0.1, 0.15) is 5.84 Å². The van der Waals surface area contributed by atoms with Gasteiger partial charge in [0.15, 0.2) is 17.5 Å². The molecule has 0 bridgehead atoms. The first-order chi connectivity index (χ1) is 6.91. The van der Waals surface area contributed by atoms with E-state index in [1.54, 1.807) is 13.8 Å². The molecule has 0 aliphatic rings. The van der Waals surface area contributed by atoms with Crippen LogP contribution in [0.5, 0.6) is 0 Å². The molecular formula is C10H11F3N2. The van der Waals surface area contributed by atoms with Crippen LogP contribution in [0.2, 0.25) is 0 Å². The Kier molecular flexibility index (Phi) is 3.34. The van der Waals surface area contributed by atoms with Gasteiger partial charge in [-0.1, -0.05) is 13.8 Å². The molecule has 1 aromatic carbocycles. The molecule has 82 valence electrons. The van der Waals surface area contributed by atoms with Crippen LogP contribution in [0.15, 0.2) is 17.1 Å². The van der Waals surface area contributed by atoms with E-state index in [2.05, 4.69) is 4.99 Å². The van der Waals surface area contributed by atoms with Gasteiger partial charge in [0.2, 0.25) is 0 Å². The Balaban J connectivity index is 3.13. The first kappa shape index (κ1) is 11.6. The molecule has 0 heterocycles. The summed E-state index contributed by atoms with van der Waals surface area (Å²) < 4.78 is 38.1. The number of nitrogens with two attached hydrogens (primary N) is 1. The number of hydrogen-bond donors (Lipinski definition) is 1. The number of hydrogen-bond acceptors (Lipinski definition) is 1. The molecule has 5 heteroatoms. The van der Waals surface area contributed by atoms with Crippen molar-refractivity contribution < 1.29 is 13.2 Å². The number of amidine groups is 1. The topological polar surface area (TPSA) is 38.4 Å². The summed E-state index contributed by atoms with van der Waals surface area (Å²) >= 11 is 0. The van der Waals surface area contributed by atoms with Crippen molar-refractivity contribution in [3.05, 3.63) is 29.6 Å². The fraction of sp³-hybridized carbons (Fsp3) is 0.300. The minimum Gasteiger partial charge on any atom is -0.387 e. The first-order valence-electron chi connectivity index (χ1n) is 4.40. The highest BCUT2D eigenvalue weighted by Gasteiger charge is 2.10. The minimum absolute atomic E-state index is 0.0300. The molecule has 0 fully saturated rings. The van der Waals surface area contributed by atoms with Crippen LogP contribution < -0.4 is 5.73 Å². The highest BCUT2D eigenvalue weighted by Crippen LogP contribution is 2.20. The molecule has 0 saturated heterocycles. The van der Waals surface area contributed by atoms with Gasteiger partial charge in [-0.25, -0.2) is 18.2 Å². The summed E-state index contributed by atoms with van der Waals surface area (Å²) in [4.78, 5) is 3.77. The van der Waals surface area contributed by atoms with Crippen molar-refractivity contribution >= 4 is 11.5 Å². The number of halogens is 3. The van der Waals surface area contributed by atoms with Crippen molar-refractivity contribution in [3.8, 4) is 0 Å². The van der Waals surface area contributed by atoms with Crippen LogP contribution in [0.25, 0.3) is 0 Å². The van der Waals surface area contributed by atoms with Crippen molar-refractivity contribution in [1.29, 1.82) is 0 Å². The Morgan fingerprint density at radius 1 is 1.20 bits per heavy atom. The predicted molar refractivity (Wildman–Crippen MR) is 52.4 cm³/mol. The lowest BCUT2D eigenvalue weighted by Gasteiger charge is -2.04. The first-order valence-corrected chi connectivity index (χ1v) is 4.40. The smallest absolute Gasteiger partial charge is 0.194 e. The lowest BCUT2D eigenvalue weighted by Crippen LogP contribution is -2.18. The second-order valence-corrected chi connectivity index (χ2v) is 3.41. The van der Waals surface area contributed by atoms with E-state index >= 15 is 0 Å². The Morgan fingerprint density at radius 3 is 2.07 bits per heavy atom. The second-order valence-electron chi connectivity index (χ2n) is 3.41. The van der Waals surface area contributed by atoms with Crippen molar-refractivity contribution in [3.63, 3.8) is 0 Å². The second kappa shape index (κ2) is 4.33. The van der Waals surface area contributed by atoms with E-state index in [1.807, 2.05) is 0 Å². The summed E-state index contributed by atoms with van der Waals surface area (Å²) in [5, 5.41) is 0. The zero-order valence-electron chi connectivity index (χ0n) is 8.39. The van der Waals surface area contributed by atoms with Gasteiger partial charge in [0.05, 0.1) is 5.69 Å². The molecule has 0 atom stereocenters. The third kappa shape index (κ3) is 2.71. The molecule has 15 heavy (non-hydrogen) atoms. The van der Waals surface area contributed by atoms with E-state index in [0.29, 0.717) is 0 Å². The average Bonchev–Trinajstić information content (AvgIpc) is 2.13. The van der Waals surface area contributed by atoms with Crippen molar-refractivity contribution in [2.45, 2.75) is 13.8 Å². The number of nitrogens with zero attached hydrogens (tertiary/aromatic N) is 1. The highest BCUT2D eigenvalue weighted by atomic mass is 19.2. The van der Waals surface area contributed by atoms with Crippen LogP contribution in [0.1, 0.15) is 13.8 Å². The summed E-state index contributed by atoms with van der Waals surface area (Å²) in [5.41, 5.74) is 5.47. The summed E-state index contributed by atoms with van der Waals surface area (Å²) in [6.45, 7) is 3.57. The number of aliphatic imine (C=N–C) groups is 1. The molecule has 0 amide bonds. The Morgan fingerprint density at radius 2 is 1.67 bits per heavy atom. The molecule has 0 aliphatic heterocycles. The van der Waals surface area contributed by atoms with Gasteiger partial charge >= 0.3 is 0 Å². The van der Waals surface area contributed by atoms with E-state index in [9.17, 15) is 13.2 Å². The van der Waals surface area contributed by atoms with Gasteiger partial charge in [-0.3, -0.25) is 0 Å². The summed E-state index contributed by atoms with van der Waals surface area (Å²) in [5.74, 6) is -3.85. The molecule has 0 spiro atoms. The zero-order chi connectivity index (χ0) is 11.6. The van der Waals surface area contributed by atoms with Crippen LogP contribution in [0, 0.1) is 23.4 Å². The third-order valence-electron chi connectivity index (χ3n) is 1.82. The minimum atomic E-state index is -1.50. The van der Waals surface area contributed by atoms with Gasteiger partial charge in [-0.05, 0) is 0 Å². The molecular weight excluding hydrogens is 205 g/mol. The lowest BCUT2D eigenvalue weighted by molar-refractivity contribution is 0.447. The van der Waals surface area contributed by atoms with E-state index in [0.717, 1.165) is 12.1 Å². The molecule has 1 aromatic rings. The van der Waals surface area contributed by atoms with Crippen molar-refractivity contribution in [2.75, 3.05) is 0 Å². The maximum Gasteiger partial charge on any atom is 0.194 e. The van der Waals surface area contributed by atoms with E-state index in [4.69, 9.17) is 5.73 Å². The highest BCUT2D eigenvalue weighted by molar-refractivity contribution is 5.84. The molecule has 0 radical (unpaired) electrons. The molecule has 0 saturated carbocycles. The SMILES string of the molecule is CC(C)C(N)=Nc1cc(F)c(F)c(F)c1. The van der Waals surface area contributed by atoms with Gasteiger partial charge in [-0.2, -0.15) is 0 Å². The summed E-state index contributed by atoms with van der Waals surface area (Å²) in [7, 11) is 0. The van der Waals surface area contributed by atoms with Gasteiger partial charge < -0.3 is 5.73 Å². The Hall–Kier alpha value is -1.52. The average molecular weight is 216 g/mol. The Bertz CT molecular complexity index is 377. The van der Waals surface area contributed by atoms with Crippen LogP contribution >= 0.6 is 0 Å². The van der Waals surface area contributed by atoms with Gasteiger partial charge in [-0.15, -0.1) is 0 Å². The lowest BCUT2D eigenvalue weighted by atomic mass is 10.2. The van der Waals surface area contributed by atoms with E-state index in [1.165, 1.54) is 0 Å². The third-order valence-corrected chi connectivity index (χ3v) is 1.82. The maximum atomic E-state index is 12.8. The molecule has 1 rings (SSSR count). The van der Waals surface area contributed by atoms with Crippen LogP contribution in [0.4, 0.5) is 18.9 Å². The molecule has 2 N–H and O–H groups in total. The number of benzene rings is 1. The molecule has 0 aromatic heterocycles. The molecule has 0 unspecified atom stereocenters. The maximum absolute atomic E-state index is 12.8. The summed E-state index contributed by atoms with van der Waals surface area (Å²) in [6, 6.07) is 1.60. The van der Waals surface area contributed by atoms with Crippen molar-refractivity contribution in [1.82, 2.24) is 0 Å². The monoisotopic (exact) mass is 216 g/mol. The predicted octanol–water partition coefficient (Wildman–Crippen LogP) is 2.75. The standard InChI is InChI=1S/C10H11F3N2/c1-5(2)10(14)15-6-3-7(11)9(13)8(12)4-6/h3-5H,1-2H3,(H2,14,15). The summed E-state index contributed by atoms with van der Waals surface area (Å²) in [6.07, 6.45) is 0. The fourth-order valence-electron chi connectivity index (χ4n) is 0.885. The van der Waals surface area contributed by atoms with Crippen LogP contribution in [-0.4, -0.2) is 5.84 Å². The van der Waals surface area contributed by atoms with Crippen LogP contribution in [0.3, 0.4) is 0 Å². The van der Waals surface area contributed by atoms with Crippen molar-refractivity contribution in [2.24, 2.45) is 16.6 Å². The quantitative estimate of drug-likeness (QED) is 0.460. The van der Waals surface area contributed by atoms with Gasteiger partial charge in [0, 0.05) is 18.1 Å².